The number of likely N-dealkylation sites (tertiary alicyclic amines) is 1. The van der Waals surface area contributed by atoms with Crippen LogP contribution < -0.4 is 15.4 Å². The molecule has 0 unspecified atom stereocenters. The van der Waals surface area contributed by atoms with Crippen LogP contribution in [0.25, 0.3) is 10.9 Å². The van der Waals surface area contributed by atoms with Gasteiger partial charge in [-0.2, -0.15) is 0 Å². The highest BCUT2D eigenvalue weighted by Gasteiger charge is 2.20. The number of nitrogens with two attached hydrogens (primary N) is 1. The molecule has 2 aromatic carbocycles. The van der Waals surface area contributed by atoms with Crippen LogP contribution in [-0.2, 0) is 11.3 Å². The second kappa shape index (κ2) is 12.4. The molecule has 0 atom stereocenters. The second-order valence-corrected chi connectivity index (χ2v) is 9.64. The van der Waals surface area contributed by atoms with Gasteiger partial charge in [0.15, 0.2) is 0 Å². The van der Waals surface area contributed by atoms with Crippen molar-refractivity contribution in [2.45, 2.75) is 39.2 Å². The van der Waals surface area contributed by atoms with E-state index in [1.165, 1.54) is 23.2 Å². The van der Waals surface area contributed by atoms with E-state index in [1.54, 1.807) is 12.0 Å². The first-order chi connectivity index (χ1) is 17.9. The lowest BCUT2D eigenvalue weighted by Gasteiger charge is -2.35. The van der Waals surface area contributed by atoms with Gasteiger partial charge in [0.25, 0.3) is 0 Å². The van der Waals surface area contributed by atoms with Crippen molar-refractivity contribution in [2.24, 2.45) is 5.73 Å². The van der Waals surface area contributed by atoms with Crippen LogP contribution >= 0.6 is 0 Å². The zero-order chi connectivity index (χ0) is 26.2. The zero-order valence-electron chi connectivity index (χ0n) is 21.9. The van der Waals surface area contributed by atoms with Crippen LogP contribution in [-0.4, -0.2) is 66.6 Å². The predicted molar refractivity (Wildman–Crippen MR) is 147 cm³/mol. The average molecular weight is 504 g/mol. The van der Waals surface area contributed by atoms with E-state index in [0.717, 1.165) is 55.7 Å². The Balaban J connectivity index is 0.000000176. The number of fused-ring (bicyclic) bond motifs is 1. The number of aromatic nitrogens is 1. The summed E-state index contributed by atoms with van der Waals surface area (Å²) in [5.41, 5.74) is 9.89. The van der Waals surface area contributed by atoms with Gasteiger partial charge in [-0.05, 0) is 55.2 Å². The number of hydrogen-bond acceptors (Lipinski definition) is 5. The Morgan fingerprint density at radius 3 is 2.43 bits per heavy atom. The molecule has 0 saturated carbocycles. The summed E-state index contributed by atoms with van der Waals surface area (Å²) in [6.07, 6.45) is 5.89. The summed E-state index contributed by atoms with van der Waals surface area (Å²) in [6, 6.07) is 16.0. The summed E-state index contributed by atoms with van der Waals surface area (Å²) in [5.74, 6) is 1.15. The maximum Gasteiger partial charge on any atom is 0.314 e. The van der Waals surface area contributed by atoms with E-state index in [0.29, 0.717) is 25.4 Å². The largest absolute Gasteiger partial charge is 0.497 e. The van der Waals surface area contributed by atoms with Crippen molar-refractivity contribution in [3.05, 3.63) is 65.9 Å². The van der Waals surface area contributed by atoms with Gasteiger partial charge in [-0.15, -0.1) is 0 Å². The Bertz CT molecular complexity index is 1210. The number of nitrogens with zero attached hydrogens (tertiary/aromatic N) is 4. The first-order valence-electron chi connectivity index (χ1n) is 13.0. The third-order valence-corrected chi connectivity index (χ3v) is 7.01. The number of carbonyl (C=O) groups excluding carboxylic acids is 2. The van der Waals surface area contributed by atoms with Gasteiger partial charge < -0.3 is 25.2 Å². The number of primary amides is 1. The van der Waals surface area contributed by atoms with Crippen LogP contribution in [0.15, 0.2) is 54.7 Å². The summed E-state index contributed by atoms with van der Waals surface area (Å²) in [7, 11) is 1.66. The smallest absolute Gasteiger partial charge is 0.314 e. The van der Waals surface area contributed by atoms with Crippen molar-refractivity contribution in [2.75, 3.05) is 44.7 Å². The second-order valence-electron chi connectivity index (χ2n) is 9.64. The van der Waals surface area contributed by atoms with E-state index in [1.807, 2.05) is 41.4 Å². The number of ether oxygens (including phenoxy) is 1. The molecule has 0 aliphatic carbocycles. The van der Waals surface area contributed by atoms with Crippen molar-refractivity contribution in [3.8, 4) is 5.75 Å². The lowest BCUT2D eigenvalue weighted by atomic mass is 10.1. The van der Waals surface area contributed by atoms with Gasteiger partial charge in [-0.1, -0.05) is 30.7 Å². The number of methoxy groups -OCH3 is 1. The fourth-order valence-electron chi connectivity index (χ4n) is 4.84. The molecule has 0 radical (unpaired) electrons. The maximum absolute atomic E-state index is 11.8. The number of aryl methyl sites for hydroxylation is 1. The molecule has 3 heterocycles. The summed E-state index contributed by atoms with van der Waals surface area (Å²) in [6.45, 7) is 6.63. The predicted octanol–water partition coefficient (Wildman–Crippen LogP) is 4.34. The molecule has 8 nitrogen and oxygen atoms in total. The number of pyridine rings is 1. The molecular weight excluding hydrogens is 466 g/mol. The molecular formula is C29H37N5O3. The molecule has 2 fully saturated rings. The highest BCUT2D eigenvalue weighted by molar-refractivity contribution is 5.92. The molecule has 2 aliphatic heterocycles. The highest BCUT2D eigenvalue weighted by atomic mass is 16.5. The topological polar surface area (TPSA) is 92.0 Å². The van der Waals surface area contributed by atoms with E-state index in [-0.39, 0.29) is 6.03 Å². The van der Waals surface area contributed by atoms with Crippen molar-refractivity contribution >= 4 is 28.5 Å². The van der Waals surface area contributed by atoms with Gasteiger partial charge >= 0.3 is 6.03 Å². The maximum atomic E-state index is 11.8. The Hall–Kier alpha value is -3.81. The Kier molecular flexibility index (Phi) is 8.82. The van der Waals surface area contributed by atoms with E-state index < -0.39 is 0 Å². The molecule has 196 valence electrons. The number of hydrogen-bond donors (Lipinski definition) is 1. The fraction of sp³-hybridized carbons (Fsp3) is 0.414. The van der Waals surface area contributed by atoms with Gasteiger partial charge in [-0.25, -0.2) is 4.79 Å². The number of urea groups is 1. The molecule has 0 bridgehead atoms. The summed E-state index contributed by atoms with van der Waals surface area (Å²) in [4.78, 5) is 33.4. The van der Waals surface area contributed by atoms with Crippen LogP contribution in [0.4, 0.5) is 10.5 Å². The molecule has 8 heteroatoms. The number of piperazine rings is 1. The summed E-state index contributed by atoms with van der Waals surface area (Å²) in [5, 5.41) is 1.16. The van der Waals surface area contributed by atoms with Crippen LogP contribution in [0.5, 0.6) is 5.75 Å². The van der Waals surface area contributed by atoms with E-state index in [2.05, 4.69) is 35.0 Å². The Labute approximate surface area is 219 Å². The van der Waals surface area contributed by atoms with Gasteiger partial charge in [0.2, 0.25) is 5.91 Å². The molecule has 5 rings (SSSR count). The summed E-state index contributed by atoms with van der Waals surface area (Å²) >= 11 is 0. The molecule has 2 aliphatic rings. The van der Waals surface area contributed by atoms with Crippen molar-refractivity contribution in [1.82, 2.24) is 14.8 Å². The zero-order valence-corrected chi connectivity index (χ0v) is 21.9. The van der Waals surface area contributed by atoms with Gasteiger partial charge in [-0.3, -0.25) is 9.78 Å². The highest BCUT2D eigenvalue weighted by Crippen LogP contribution is 2.27. The number of rotatable bonds is 4. The molecule has 0 spiro atoms. The van der Waals surface area contributed by atoms with Gasteiger partial charge in [0.05, 0.1) is 12.6 Å². The minimum absolute atomic E-state index is 0.290. The first kappa shape index (κ1) is 26.3. The fourth-order valence-corrected chi connectivity index (χ4v) is 4.84. The molecule has 1 aromatic heterocycles. The van der Waals surface area contributed by atoms with Crippen LogP contribution in [0.1, 0.15) is 36.8 Å². The monoisotopic (exact) mass is 503 g/mol. The molecule has 3 aromatic rings. The van der Waals surface area contributed by atoms with E-state index >= 15 is 0 Å². The van der Waals surface area contributed by atoms with E-state index in [4.69, 9.17) is 10.5 Å². The van der Waals surface area contributed by atoms with Gasteiger partial charge in [0.1, 0.15) is 5.75 Å². The number of amides is 3. The van der Waals surface area contributed by atoms with Crippen molar-refractivity contribution in [3.63, 3.8) is 0 Å². The van der Waals surface area contributed by atoms with Crippen molar-refractivity contribution < 1.29 is 14.3 Å². The standard InChI is InChI=1S/C15H18N4O.C14H19NO2/c1-11-2-3-12-13(10-11)17-5-4-14(12)18-6-8-19(9-7-18)15(16)20;1-17-13-8-6-12(7-9-13)11-15-10-4-2-3-5-14(15)16/h2-5,10H,6-9H2,1H3,(H2,16,20);6-9H,2-5,10-11H2,1H3. The number of anilines is 1. The average Bonchev–Trinajstić information content (AvgIpc) is 3.12. The van der Waals surface area contributed by atoms with Crippen LogP contribution in [0.3, 0.4) is 0 Å². The Morgan fingerprint density at radius 1 is 0.973 bits per heavy atom. The molecule has 2 saturated heterocycles. The molecule has 3 amide bonds. The molecule has 2 N–H and O–H groups in total. The van der Waals surface area contributed by atoms with E-state index in [9.17, 15) is 9.59 Å². The minimum Gasteiger partial charge on any atom is -0.497 e. The lowest BCUT2D eigenvalue weighted by molar-refractivity contribution is -0.131. The Morgan fingerprint density at radius 2 is 1.73 bits per heavy atom. The van der Waals surface area contributed by atoms with Crippen LogP contribution in [0, 0.1) is 6.92 Å². The molecule has 37 heavy (non-hydrogen) atoms. The van der Waals surface area contributed by atoms with Gasteiger partial charge in [0, 0.05) is 63.0 Å². The number of carbonyl (C=O) groups is 2. The normalized spacial score (nSPS) is 16.2. The van der Waals surface area contributed by atoms with Crippen LogP contribution in [0.2, 0.25) is 0 Å². The SMILES string of the molecule is COc1ccc(CN2CCCCCC2=O)cc1.Cc1ccc2c(N3CCN(C(N)=O)CC3)ccnc2c1. The van der Waals surface area contributed by atoms with Crippen molar-refractivity contribution in [1.29, 1.82) is 0 Å². The quantitative estimate of drug-likeness (QED) is 0.572. The minimum atomic E-state index is -0.333. The summed E-state index contributed by atoms with van der Waals surface area (Å²) < 4.78 is 5.12. The third-order valence-electron chi connectivity index (χ3n) is 7.01. The first-order valence-corrected chi connectivity index (χ1v) is 13.0. The third kappa shape index (κ3) is 6.90. The lowest BCUT2D eigenvalue weighted by Crippen LogP contribution is -2.50. The number of benzene rings is 2.